The van der Waals surface area contributed by atoms with Crippen LogP contribution in [0.4, 0.5) is 21.8 Å². The van der Waals surface area contributed by atoms with Crippen LogP contribution in [0.5, 0.6) is 11.5 Å². The van der Waals surface area contributed by atoms with Gasteiger partial charge in [0, 0.05) is 44.0 Å². The summed E-state index contributed by atoms with van der Waals surface area (Å²) >= 11 is 0. The number of anilines is 3. The predicted molar refractivity (Wildman–Crippen MR) is 142 cm³/mol. The summed E-state index contributed by atoms with van der Waals surface area (Å²) in [7, 11) is 0. The third-order valence-electron chi connectivity index (χ3n) is 6.48. The van der Waals surface area contributed by atoms with Gasteiger partial charge in [-0.15, -0.1) is 0 Å². The van der Waals surface area contributed by atoms with Gasteiger partial charge in [0.1, 0.15) is 35.2 Å². The lowest BCUT2D eigenvalue weighted by Gasteiger charge is -2.34. The lowest BCUT2D eigenvalue weighted by molar-refractivity contribution is -0.126. The minimum absolute atomic E-state index is 0.0981. The lowest BCUT2D eigenvalue weighted by atomic mass is 10.1. The summed E-state index contributed by atoms with van der Waals surface area (Å²) in [5.74, 6) is 1.12. The first-order valence-corrected chi connectivity index (χ1v) is 12.2. The lowest BCUT2D eigenvalue weighted by Crippen LogP contribution is -2.48. The molecule has 12 nitrogen and oxygen atoms in total. The quantitative estimate of drug-likeness (QED) is 0.329. The van der Waals surface area contributed by atoms with Crippen molar-refractivity contribution in [3.63, 3.8) is 0 Å². The molecule has 0 atom stereocenters. The molecular weight excluding hydrogens is 503 g/mol. The first-order valence-electron chi connectivity index (χ1n) is 12.2. The number of pyridine rings is 1. The fourth-order valence-corrected chi connectivity index (χ4v) is 4.33. The van der Waals surface area contributed by atoms with Gasteiger partial charge < -0.3 is 19.9 Å². The van der Waals surface area contributed by atoms with Crippen molar-refractivity contribution in [2.24, 2.45) is 0 Å². The van der Waals surface area contributed by atoms with Gasteiger partial charge in [-0.2, -0.15) is 5.10 Å². The van der Waals surface area contributed by atoms with E-state index in [1.54, 1.807) is 53.0 Å². The molecule has 1 N–H and O–H groups in total. The second kappa shape index (κ2) is 9.93. The third kappa shape index (κ3) is 4.65. The molecule has 1 aliphatic heterocycles. The molecule has 0 spiro atoms. The zero-order chi connectivity index (χ0) is 26.9. The fraction of sp³-hybridized carbons (Fsp3) is 0.192. The molecule has 1 aliphatic rings. The van der Waals surface area contributed by atoms with Gasteiger partial charge in [0.05, 0.1) is 11.9 Å². The standard InChI is InChI=1S/C26H23FN10O2/c1-3-22(38)35-8-10-36(11-9-35)26-28-13-19-24(34-26)25(31-14-29-19)33-18-4-5-20(16(2)23(18)27)39-17-6-7-37-21(12-17)30-15-32-37/h3-7,12-15H,1,8-11H2,2H3,(H,29,31,33). The van der Waals surface area contributed by atoms with E-state index in [-0.39, 0.29) is 11.6 Å². The number of fused-ring (bicyclic) bond motifs is 2. The maximum Gasteiger partial charge on any atom is 0.246 e. The van der Waals surface area contributed by atoms with E-state index < -0.39 is 5.82 Å². The maximum atomic E-state index is 15.5. The summed E-state index contributed by atoms with van der Waals surface area (Å²) in [5, 5.41) is 7.11. The van der Waals surface area contributed by atoms with Crippen molar-refractivity contribution in [1.82, 2.24) is 39.4 Å². The van der Waals surface area contributed by atoms with Crippen molar-refractivity contribution in [1.29, 1.82) is 0 Å². The average Bonchev–Trinajstić information content (AvgIpc) is 3.44. The number of hydrogen-bond acceptors (Lipinski definition) is 10. The second-order valence-electron chi connectivity index (χ2n) is 8.85. The van der Waals surface area contributed by atoms with Gasteiger partial charge >= 0.3 is 0 Å². The van der Waals surface area contributed by atoms with E-state index in [1.807, 2.05) is 4.90 Å². The monoisotopic (exact) mass is 526 g/mol. The van der Waals surface area contributed by atoms with Gasteiger partial charge in [-0.05, 0) is 31.2 Å². The Morgan fingerprint density at radius 3 is 2.77 bits per heavy atom. The van der Waals surface area contributed by atoms with Gasteiger partial charge in [-0.1, -0.05) is 6.58 Å². The van der Waals surface area contributed by atoms with Crippen molar-refractivity contribution in [2.75, 3.05) is 36.4 Å². The zero-order valence-electron chi connectivity index (χ0n) is 21.0. The molecule has 39 heavy (non-hydrogen) atoms. The predicted octanol–water partition coefficient (Wildman–Crippen LogP) is 3.28. The number of rotatable bonds is 6. The van der Waals surface area contributed by atoms with E-state index in [0.29, 0.717) is 71.7 Å². The minimum Gasteiger partial charge on any atom is -0.457 e. The molecule has 5 heterocycles. The molecule has 0 radical (unpaired) electrons. The van der Waals surface area contributed by atoms with E-state index in [1.165, 1.54) is 18.7 Å². The normalized spacial score (nSPS) is 13.6. The van der Waals surface area contributed by atoms with Gasteiger partial charge in [-0.25, -0.2) is 33.8 Å². The molecule has 0 aliphatic carbocycles. The molecule has 1 amide bonds. The Kier molecular flexibility index (Phi) is 6.15. The Morgan fingerprint density at radius 2 is 1.95 bits per heavy atom. The summed E-state index contributed by atoms with van der Waals surface area (Å²) in [4.78, 5) is 37.4. The molecular formula is C26H23FN10O2. The van der Waals surface area contributed by atoms with Crippen LogP contribution in [0.25, 0.3) is 16.7 Å². The number of amides is 1. The number of carbonyl (C=O) groups is 1. The Labute approximate surface area is 221 Å². The topological polar surface area (TPSA) is 127 Å². The van der Waals surface area contributed by atoms with Crippen LogP contribution in [0, 0.1) is 12.7 Å². The molecule has 0 unspecified atom stereocenters. The summed E-state index contributed by atoms with van der Waals surface area (Å²) < 4.78 is 23.0. The zero-order valence-corrected chi connectivity index (χ0v) is 21.0. The molecule has 1 saturated heterocycles. The van der Waals surface area contributed by atoms with Crippen LogP contribution in [0.15, 0.2) is 62.0 Å². The van der Waals surface area contributed by atoms with Gasteiger partial charge in [0.15, 0.2) is 17.3 Å². The number of hydrogen-bond donors (Lipinski definition) is 1. The average molecular weight is 527 g/mol. The summed E-state index contributed by atoms with van der Waals surface area (Å²) in [6, 6.07) is 6.71. The Hall–Kier alpha value is -5.20. The highest BCUT2D eigenvalue weighted by Crippen LogP contribution is 2.33. The van der Waals surface area contributed by atoms with Gasteiger partial charge in [0.25, 0.3) is 0 Å². The second-order valence-corrected chi connectivity index (χ2v) is 8.85. The Bertz CT molecular complexity index is 1710. The SMILES string of the molecule is C=CC(=O)N1CCN(c2ncc3ncnc(Nc4ccc(Oc5ccn6ncnc6c5)c(C)c4F)c3n2)CC1. The highest BCUT2D eigenvalue weighted by molar-refractivity contribution is 5.88. The van der Waals surface area contributed by atoms with E-state index in [2.05, 4.69) is 41.9 Å². The van der Waals surface area contributed by atoms with E-state index >= 15 is 4.39 Å². The molecule has 196 valence electrons. The van der Waals surface area contributed by atoms with Crippen LogP contribution < -0.4 is 15.0 Å². The third-order valence-corrected chi connectivity index (χ3v) is 6.48. The van der Waals surface area contributed by atoms with Crippen LogP contribution in [-0.2, 0) is 4.79 Å². The largest absolute Gasteiger partial charge is 0.457 e. The number of aromatic nitrogens is 7. The van der Waals surface area contributed by atoms with Crippen LogP contribution in [0.1, 0.15) is 5.56 Å². The highest BCUT2D eigenvalue weighted by atomic mass is 19.1. The number of nitrogens with zero attached hydrogens (tertiary/aromatic N) is 9. The van der Waals surface area contributed by atoms with Crippen LogP contribution in [0.3, 0.4) is 0 Å². The summed E-state index contributed by atoms with van der Waals surface area (Å²) in [6.45, 7) is 7.40. The van der Waals surface area contributed by atoms with E-state index in [4.69, 9.17) is 4.74 Å². The van der Waals surface area contributed by atoms with Crippen molar-refractivity contribution in [3.05, 3.63) is 73.3 Å². The first kappa shape index (κ1) is 24.2. The number of halogens is 1. The number of ether oxygens (including phenoxy) is 1. The highest BCUT2D eigenvalue weighted by Gasteiger charge is 2.22. The maximum absolute atomic E-state index is 15.5. The fourth-order valence-electron chi connectivity index (χ4n) is 4.33. The molecule has 4 aromatic heterocycles. The van der Waals surface area contributed by atoms with Crippen LogP contribution in [-0.4, -0.2) is 71.5 Å². The van der Waals surface area contributed by atoms with E-state index in [0.717, 1.165) is 0 Å². The Morgan fingerprint density at radius 1 is 1.10 bits per heavy atom. The van der Waals surface area contributed by atoms with Crippen LogP contribution >= 0.6 is 0 Å². The number of benzene rings is 1. The van der Waals surface area contributed by atoms with Gasteiger partial charge in [-0.3, -0.25) is 4.79 Å². The molecule has 5 aromatic rings. The molecule has 6 rings (SSSR count). The molecule has 1 fully saturated rings. The van der Waals surface area contributed by atoms with Crippen LogP contribution in [0.2, 0.25) is 0 Å². The number of carbonyl (C=O) groups excluding carboxylic acids is 1. The summed E-state index contributed by atoms with van der Waals surface area (Å²) in [6.07, 6.45) is 7.46. The molecule has 0 bridgehead atoms. The Balaban J connectivity index is 1.24. The number of nitrogens with one attached hydrogen (secondary N) is 1. The minimum atomic E-state index is -0.486. The van der Waals surface area contributed by atoms with Crippen molar-refractivity contribution in [3.8, 4) is 11.5 Å². The van der Waals surface area contributed by atoms with Crippen molar-refractivity contribution < 1.29 is 13.9 Å². The number of piperazine rings is 1. The molecule has 13 heteroatoms. The van der Waals surface area contributed by atoms with E-state index in [9.17, 15) is 4.79 Å². The summed E-state index contributed by atoms with van der Waals surface area (Å²) in [5.41, 5.74) is 2.11. The van der Waals surface area contributed by atoms with Crippen molar-refractivity contribution in [2.45, 2.75) is 6.92 Å². The smallest absolute Gasteiger partial charge is 0.246 e. The van der Waals surface area contributed by atoms with Crippen molar-refractivity contribution >= 4 is 40.0 Å². The molecule has 0 saturated carbocycles. The molecule has 1 aromatic carbocycles. The van der Waals surface area contributed by atoms with Gasteiger partial charge in [0.2, 0.25) is 11.9 Å². The first-order chi connectivity index (χ1) is 19.0.